The van der Waals surface area contributed by atoms with E-state index in [2.05, 4.69) is 19.2 Å². The summed E-state index contributed by atoms with van der Waals surface area (Å²) in [6.07, 6.45) is 0. The molecule has 1 N–H and O–H groups in total. The van der Waals surface area contributed by atoms with Crippen molar-refractivity contribution >= 4 is 35.0 Å². The van der Waals surface area contributed by atoms with E-state index in [4.69, 9.17) is 11.6 Å². The summed E-state index contributed by atoms with van der Waals surface area (Å²) in [4.78, 5) is 11.8. The summed E-state index contributed by atoms with van der Waals surface area (Å²) in [6, 6.07) is 5.14. The Morgan fingerprint density at radius 3 is 2.82 bits per heavy atom. The lowest BCUT2D eigenvalue weighted by molar-refractivity contribution is -0.117. The van der Waals surface area contributed by atoms with Gasteiger partial charge in [0.15, 0.2) is 6.67 Å². The van der Waals surface area contributed by atoms with Crippen molar-refractivity contribution in [1.82, 2.24) is 0 Å². The molecule has 0 aliphatic rings. The van der Waals surface area contributed by atoms with Gasteiger partial charge >= 0.3 is 0 Å². The van der Waals surface area contributed by atoms with E-state index >= 15 is 0 Å². The molecule has 0 bridgehead atoms. The molecule has 0 saturated carbocycles. The number of carbonyl (C=O) groups is 1. The molecule has 1 aromatic rings. The Balaban J connectivity index is 2.75. The van der Waals surface area contributed by atoms with Crippen LogP contribution in [-0.4, -0.2) is 18.3 Å². The van der Waals surface area contributed by atoms with Crippen LogP contribution in [0.3, 0.4) is 0 Å². The van der Waals surface area contributed by atoms with Gasteiger partial charge in [-0.05, 0) is 24.1 Å². The van der Waals surface area contributed by atoms with Crippen molar-refractivity contribution in [1.29, 1.82) is 0 Å². The second-order valence-electron chi connectivity index (χ2n) is 4.03. The predicted molar refractivity (Wildman–Crippen MR) is 71.6 cm³/mol. The molecule has 0 aromatic heterocycles. The summed E-state index contributed by atoms with van der Waals surface area (Å²) in [5.41, 5.74) is 0.573. The molecule has 1 rings (SSSR count). The molecular formula is C12H15ClFNOS. The highest BCUT2D eigenvalue weighted by atomic mass is 35.5. The molecule has 0 unspecified atom stereocenters. The quantitative estimate of drug-likeness (QED) is 0.823. The fourth-order valence-corrected chi connectivity index (χ4v) is 2.35. The highest BCUT2D eigenvalue weighted by Gasteiger charge is 2.06. The van der Waals surface area contributed by atoms with Gasteiger partial charge in [0.1, 0.15) is 0 Å². The minimum atomic E-state index is -1.02. The van der Waals surface area contributed by atoms with Crippen LogP contribution in [0, 0.1) is 5.92 Å². The number of halogens is 2. The Bertz CT molecular complexity index is 398. The molecular weight excluding hydrogens is 261 g/mol. The largest absolute Gasteiger partial charge is 0.324 e. The van der Waals surface area contributed by atoms with Gasteiger partial charge in [0.2, 0.25) is 0 Å². The van der Waals surface area contributed by atoms with Crippen LogP contribution in [0.2, 0.25) is 5.02 Å². The van der Waals surface area contributed by atoms with E-state index in [9.17, 15) is 9.18 Å². The molecule has 1 amide bonds. The Morgan fingerprint density at radius 1 is 1.53 bits per heavy atom. The third-order valence-electron chi connectivity index (χ3n) is 1.91. The monoisotopic (exact) mass is 275 g/mol. The van der Waals surface area contributed by atoms with Gasteiger partial charge < -0.3 is 5.32 Å². The van der Waals surface area contributed by atoms with E-state index in [-0.39, 0.29) is 0 Å². The summed E-state index contributed by atoms with van der Waals surface area (Å²) in [5.74, 6) is 0.854. The highest BCUT2D eigenvalue weighted by molar-refractivity contribution is 7.99. The lowest BCUT2D eigenvalue weighted by atomic mass is 10.3. The van der Waals surface area contributed by atoms with Crippen LogP contribution >= 0.6 is 23.4 Å². The highest BCUT2D eigenvalue weighted by Crippen LogP contribution is 2.31. The molecule has 0 radical (unpaired) electrons. The maximum Gasteiger partial charge on any atom is 0.255 e. The fourth-order valence-electron chi connectivity index (χ4n) is 1.14. The third kappa shape index (κ3) is 4.96. The van der Waals surface area contributed by atoms with Crippen LogP contribution in [0.15, 0.2) is 23.1 Å². The third-order valence-corrected chi connectivity index (χ3v) is 3.83. The van der Waals surface area contributed by atoms with E-state index in [1.165, 1.54) is 0 Å². The minimum Gasteiger partial charge on any atom is -0.324 e. The van der Waals surface area contributed by atoms with Crippen LogP contribution in [-0.2, 0) is 4.79 Å². The summed E-state index contributed by atoms with van der Waals surface area (Å²) >= 11 is 7.67. The van der Waals surface area contributed by atoms with Gasteiger partial charge in [-0.25, -0.2) is 4.39 Å². The Morgan fingerprint density at radius 2 is 2.24 bits per heavy atom. The summed E-state index contributed by atoms with van der Waals surface area (Å²) in [7, 11) is 0. The molecule has 0 atom stereocenters. The average Bonchev–Trinajstić information content (AvgIpc) is 2.29. The molecule has 0 aliphatic carbocycles. The first-order valence-corrected chi connectivity index (χ1v) is 6.67. The van der Waals surface area contributed by atoms with Crippen molar-refractivity contribution in [2.24, 2.45) is 5.92 Å². The molecule has 0 heterocycles. The number of anilines is 1. The van der Waals surface area contributed by atoms with E-state index in [0.717, 1.165) is 10.6 Å². The lowest BCUT2D eigenvalue weighted by Gasteiger charge is -2.09. The number of alkyl halides is 1. The fraction of sp³-hybridized carbons (Fsp3) is 0.417. The van der Waals surface area contributed by atoms with E-state index in [0.29, 0.717) is 16.6 Å². The minimum absolute atomic E-state index is 0.556. The molecule has 17 heavy (non-hydrogen) atoms. The van der Waals surface area contributed by atoms with Crippen LogP contribution in [0.4, 0.5) is 10.1 Å². The van der Waals surface area contributed by atoms with E-state index in [1.807, 2.05) is 0 Å². The van der Waals surface area contributed by atoms with Gasteiger partial charge in [0.25, 0.3) is 5.91 Å². The molecule has 2 nitrogen and oxygen atoms in total. The number of hydrogen-bond acceptors (Lipinski definition) is 2. The van der Waals surface area contributed by atoms with Gasteiger partial charge in [-0.3, -0.25) is 4.79 Å². The molecule has 0 spiro atoms. The van der Waals surface area contributed by atoms with Crippen LogP contribution < -0.4 is 5.32 Å². The van der Waals surface area contributed by atoms with Gasteiger partial charge in [-0.2, -0.15) is 0 Å². The zero-order valence-electron chi connectivity index (χ0n) is 9.80. The van der Waals surface area contributed by atoms with Crippen molar-refractivity contribution in [2.45, 2.75) is 18.7 Å². The lowest BCUT2D eigenvalue weighted by Crippen LogP contribution is -2.12. The van der Waals surface area contributed by atoms with Crippen LogP contribution in [0.5, 0.6) is 0 Å². The van der Waals surface area contributed by atoms with Crippen molar-refractivity contribution in [2.75, 3.05) is 17.7 Å². The normalized spacial score (nSPS) is 10.6. The van der Waals surface area contributed by atoms with Crippen molar-refractivity contribution in [3.8, 4) is 0 Å². The smallest absolute Gasteiger partial charge is 0.255 e. The predicted octanol–water partition coefficient (Wildman–Crippen LogP) is 4.00. The number of benzene rings is 1. The molecule has 0 saturated heterocycles. The number of amides is 1. The van der Waals surface area contributed by atoms with E-state index in [1.54, 1.807) is 30.0 Å². The Labute approximate surface area is 110 Å². The number of carbonyl (C=O) groups excluding carboxylic acids is 1. The van der Waals surface area contributed by atoms with Gasteiger partial charge in [0, 0.05) is 16.3 Å². The SMILES string of the molecule is CC(C)CSc1cc(NC(=O)CF)ccc1Cl. The van der Waals surface area contributed by atoms with Crippen LogP contribution in [0.1, 0.15) is 13.8 Å². The second kappa shape index (κ2) is 6.87. The second-order valence-corrected chi connectivity index (χ2v) is 5.50. The first kappa shape index (κ1) is 14.3. The Kier molecular flexibility index (Phi) is 5.78. The molecule has 0 fully saturated rings. The first-order valence-electron chi connectivity index (χ1n) is 5.31. The summed E-state index contributed by atoms with van der Waals surface area (Å²) in [6.45, 7) is 3.22. The molecule has 5 heteroatoms. The molecule has 0 aliphatic heterocycles. The van der Waals surface area contributed by atoms with Crippen molar-refractivity contribution < 1.29 is 9.18 Å². The standard InChI is InChI=1S/C12H15ClFNOS/c1-8(2)7-17-11-5-9(3-4-10(11)13)15-12(16)6-14/h3-5,8H,6-7H2,1-2H3,(H,15,16). The number of rotatable bonds is 5. The van der Waals surface area contributed by atoms with Gasteiger partial charge in [0.05, 0.1) is 5.02 Å². The molecule has 94 valence electrons. The maximum absolute atomic E-state index is 12.1. The maximum atomic E-state index is 12.1. The number of thioether (sulfide) groups is 1. The Hall–Kier alpha value is -0.740. The van der Waals surface area contributed by atoms with Gasteiger partial charge in [-0.1, -0.05) is 25.4 Å². The van der Waals surface area contributed by atoms with Crippen molar-refractivity contribution in [3.63, 3.8) is 0 Å². The topological polar surface area (TPSA) is 29.1 Å². The van der Waals surface area contributed by atoms with E-state index < -0.39 is 12.6 Å². The zero-order valence-corrected chi connectivity index (χ0v) is 11.4. The number of hydrogen-bond donors (Lipinski definition) is 1. The summed E-state index contributed by atoms with van der Waals surface area (Å²) < 4.78 is 12.1. The van der Waals surface area contributed by atoms with Crippen LogP contribution in [0.25, 0.3) is 0 Å². The number of nitrogens with one attached hydrogen (secondary N) is 1. The van der Waals surface area contributed by atoms with Crippen molar-refractivity contribution in [3.05, 3.63) is 23.2 Å². The molecule has 1 aromatic carbocycles. The van der Waals surface area contributed by atoms with Gasteiger partial charge in [-0.15, -0.1) is 11.8 Å². The zero-order chi connectivity index (χ0) is 12.8. The first-order chi connectivity index (χ1) is 8.02. The average molecular weight is 276 g/mol. The summed E-state index contributed by atoms with van der Waals surface area (Å²) in [5, 5.41) is 3.11.